The molecule has 0 radical (unpaired) electrons. The maximum atomic E-state index is 2.93. The van der Waals surface area contributed by atoms with Crippen molar-refractivity contribution in [3.8, 4) is 0 Å². The van der Waals surface area contributed by atoms with E-state index < -0.39 is 37.5 Å². The smallest absolute Gasteiger partial charge is 1.00 e. The van der Waals surface area contributed by atoms with Crippen molar-refractivity contribution >= 4 is 0 Å². The molecule has 0 aliphatic heterocycles. The minimum absolute atomic E-state index is 0. The van der Waals surface area contributed by atoms with Gasteiger partial charge in [-0.3, -0.25) is 0 Å². The minimum atomic E-state index is -0.772. The number of hydrogen-bond donors (Lipinski definition) is 0. The van der Waals surface area contributed by atoms with Crippen LogP contribution in [0.3, 0.4) is 0 Å². The first-order valence-corrected chi connectivity index (χ1v) is 13.4. The van der Waals surface area contributed by atoms with Crippen LogP contribution < -0.4 is 12.4 Å². The molecule has 0 amide bonds. The zero-order chi connectivity index (χ0) is 17.2. The largest absolute Gasteiger partial charge is 1.00 e. The van der Waals surface area contributed by atoms with Gasteiger partial charge in [0, 0.05) is 0 Å². The van der Waals surface area contributed by atoms with Gasteiger partial charge in [0.25, 0.3) is 0 Å². The van der Waals surface area contributed by atoms with E-state index in [1.165, 1.54) is 103 Å². The van der Waals surface area contributed by atoms with Crippen molar-refractivity contribution < 1.29 is 49.9 Å². The van der Waals surface area contributed by atoms with Crippen LogP contribution in [0.25, 0.3) is 0 Å². The Kier molecular flexibility index (Phi) is 26.2. The molecule has 0 heterocycles. The van der Waals surface area contributed by atoms with Crippen LogP contribution in [-0.4, -0.2) is 28.1 Å². The molecule has 0 atom stereocenters. The molecule has 145 valence electrons. The fourth-order valence-corrected chi connectivity index (χ4v) is 7.43. The molecule has 0 saturated heterocycles. The summed E-state index contributed by atoms with van der Waals surface area (Å²) in [6, 6.07) is 0. The predicted octanol–water partition coefficient (Wildman–Crippen LogP) is 3.27. The Morgan fingerprint density at radius 1 is 0.458 bits per heavy atom. The Hall–Kier alpha value is 1.56. The molecule has 0 aromatic carbocycles. The monoisotopic (exact) mass is 489 g/mol. The van der Waals surface area contributed by atoms with Crippen molar-refractivity contribution in [2.45, 2.75) is 105 Å². The van der Waals surface area contributed by atoms with Crippen molar-refractivity contribution in [1.82, 2.24) is 1.97 Å². The summed E-state index contributed by atoms with van der Waals surface area (Å²) < 4.78 is 5.87. The summed E-state index contributed by atoms with van der Waals surface area (Å²) in [7, 11) is 0. The van der Waals surface area contributed by atoms with Crippen LogP contribution in [-0.2, 0) is 0 Å². The van der Waals surface area contributed by atoms with Crippen molar-refractivity contribution in [2.75, 3.05) is 26.2 Å². The molecule has 0 saturated carbocycles. The van der Waals surface area contributed by atoms with E-state index in [9.17, 15) is 0 Å². The van der Waals surface area contributed by atoms with Crippen LogP contribution in [0, 0.1) is 37.5 Å². The van der Waals surface area contributed by atoms with Gasteiger partial charge in [-0.15, -0.1) is 0 Å². The summed E-state index contributed by atoms with van der Waals surface area (Å²) in [5, 5.41) is 0. The van der Waals surface area contributed by atoms with Gasteiger partial charge in [-0.2, -0.15) is 0 Å². The molecule has 0 aromatic rings. The molecule has 0 aliphatic carbocycles. The third-order valence-electron chi connectivity index (χ3n) is 4.41. The van der Waals surface area contributed by atoms with Crippen LogP contribution in [0.2, 0.25) is 0 Å². The van der Waals surface area contributed by atoms with Gasteiger partial charge in [0.15, 0.2) is 0 Å². The quantitative estimate of drug-likeness (QED) is 0.271. The van der Waals surface area contributed by atoms with Gasteiger partial charge >= 0.3 is 170 Å². The first-order chi connectivity index (χ1) is 11.3. The molecule has 24 heavy (non-hydrogen) atoms. The Morgan fingerprint density at radius 3 is 0.917 bits per heavy atom. The zero-order valence-corrected chi connectivity index (χ0v) is 21.1. The number of rotatable bonds is 18. The maximum absolute atomic E-state index is 2.93. The molecular formula is C20H44ClN2Nd. The van der Waals surface area contributed by atoms with Gasteiger partial charge in [0.05, 0.1) is 0 Å². The number of halogens is 1. The van der Waals surface area contributed by atoms with Crippen molar-refractivity contribution in [1.29, 1.82) is 0 Å². The summed E-state index contributed by atoms with van der Waals surface area (Å²) in [6.45, 7) is 14.8. The number of nitrogens with zero attached hydrogens (tertiary/aromatic N) is 2. The minimum Gasteiger partial charge on any atom is -1.00 e. The van der Waals surface area contributed by atoms with Gasteiger partial charge in [0.1, 0.15) is 0 Å². The van der Waals surface area contributed by atoms with E-state index in [4.69, 9.17) is 0 Å². The predicted molar refractivity (Wildman–Crippen MR) is 101 cm³/mol. The van der Waals surface area contributed by atoms with Crippen molar-refractivity contribution in [2.24, 2.45) is 0 Å². The molecule has 0 spiro atoms. The second kappa shape index (κ2) is 22.6. The second-order valence-corrected chi connectivity index (χ2v) is 11.6. The number of unbranched alkanes of at least 4 members (excludes halogenated alkanes) is 8. The topological polar surface area (TPSA) is 6.48 Å². The molecule has 0 N–H and O–H groups in total. The standard InChI is InChI=1S/2C10H22N.ClH.Nd/c2*1-3-5-7-9-11-10-8-6-4-2;;/h2*3-10H2,1-2H3;1H;/q2*-1;;+3/p-1. The van der Waals surface area contributed by atoms with Gasteiger partial charge in [-0.25, -0.2) is 0 Å². The van der Waals surface area contributed by atoms with Crippen molar-refractivity contribution in [3.63, 3.8) is 0 Å². The van der Waals surface area contributed by atoms with Crippen LogP contribution in [0.15, 0.2) is 0 Å². The molecule has 2 nitrogen and oxygen atoms in total. The van der Waals surface area contributed by atoms with Crippen LogP contribution >= 0.6 is 0 Å². The number of hydrogen-bond acceptors (Lipinski definition) is 2. The SMILES string of the molecule is CCCCC[N](CCCCC)[Nd+][N](CCCCC)CCCCC.[Cl-]. The first-order valence-electron chi connectivity index (χ1n) is 10.5. The molecular weight excluding hydrogens is 448 g/mol. The molecule has 0 aromatic heterocycles. The van der Waals surface area contributed by atoms with Gasteiger partial charge < -0.3 is 12.4 Å². The zero-order valence-electron chi connectivity index (χ0n) is 17.1. The molecule has 0 aliphatic rings. The maximum Gasteiger partial charge on any atom is -1.00 e. The van der Waals surface area contributed by atoms with E-state index in [1.54, 1.807) is 0 Å². The Balaban J connectivity index is 0. The summed E-state index contributed by atoms with van der Waals surface area (Å²) in [5.74, 6) is 0. The third-order valence-corrected chi connectivity index (χ3v) is 9.09. The van der Waals surface area contributed by atoms with E-state index in [0.717, 1.165) is 0 Å². The Bertz CT molecular complexity index is 188. The van der Waals surface area contributed by atoms with E-state index in [-0.39, 0.29) is 12.4 Å². The van der Waals surface area contributed by atoms with E-state index in [2.05, 4.69) is 29.7 Å². The van der Waals surface area contributed by atoms with E-state index in [0.29, 0.717) is 0 Å². The van der Waals surface area contributed by atoms with Crippen molar-refractivity contribution in [3.05, 3.63) is 0 Å². The summed E-state index contributed by atoms with van der Waals surface area (Å²) in [5.41, 5.74) is 0. The fourth-order valence-electron chi connectivity index (χ4n) is 2.83. The average Bonchev–Trinajstić information content (AvgIpc) is 2.55. The molecule has 4 heteroatoms. The molecule has 0 unspecified atom stereocenters. The Morgan fingerprint density at radius 2 is 0.708 bits per heavy atom. The van der Waals surface area contributed by atoms with Crippen LogP contribution in [0.5, 0.6) is 0 Å². The van der Waals surface area contributed by atoms with E-state index >= 15 is 0 Å². The van der Waals surface area contributed by atoms with Crippen LogP contribution in [0.4, 0.5) is 0 Å². The summed E-state index contributed by atoms with van der Waals surface area (Å²) in [4.78, 5) is 0. The third kappa shape index (κ3) is 18.4. The molecule has 0 fully saturated rings. The van der Waals surface area contributed by atoms with Crippen LogP contribution in [0.1, 0.15) is 105 Å². The normalized spacial score (nSPS) is 10.9. The molecule has 0 bridgehead atoms. The van der Waals surface area contributed by atoms with Gasteiger partial charge in [-0.05, 0) is 0 Å². The first kappa shape index (κ1) is 27.8. The average molecular weight is 492 g/mol. The second-order valence-electron chi connectivity index (χ2n) is 6.90. The van der Waals surface area contributed by atoms with Gasteiger partial charge in [0.2, 0.25) is 0 Å². The fraction of sp³-hybridized carbons (Fsp3) is 1.00. The molecule has 0 rings (SSSR count). The Labute approximate surface area is 181 Å². The summed E-state index contributed by atoms with van der Waals surface area (Å²) in [6.07, 6.45) is 16.8. The van der Waals surface area contributed by atoms with Gasteiger partial charge in [-0.1, -0.05) is 0 Å². The summed E-state index contributed by atoms with van der Waals surface area (Å²) >= 11 is -0.772. The van der Waals surface area contributed by atoms with E-state index in [1.807, 2.05) is 0 Å².